The number of aromatic nitrogens is 3. The van der Waals surface area contributed by atoms with Crippen LogP contribution in [0.3, 0.4) is 0 Å². The van der Waals surface area contributed by atoms with Crippen LogP contribution in [0.2, 0.25) is 0 Å². The van der Waals surface area contributed by atoms with Gasteiger partial charge in [-0.1, -0.05) is 0 Å². The number of rotatable bonds is 2. The zero-order valence-corrected chi connectivity index (χ0v) is 13.0. The molecule has 4 aliphatic carbocycles. The molecule has 0 aliphatic heterocycles. The first kappa shape index (κ1) is 13.5. The molecule has 0 amide bonds. The Balaban J connectivity index is 1.48. The number of H-pyrrole nitrogens is 1. The van der Waals surface area contributed by atoms with Crippen molar-refractivity contribution in [2.75, 3.05) is 5.73 Å². The molecule has 0 unspecified atom stereocenters. The minimum absolute atomic E-state index is 0.331. The van der Waals surface area contributed by atoms with Crippen LogP contribution in [0.1, 0.15) is 43.8 Å². The molecule has 6 rings (SSSR count). The Bertz CT molecular complexity index is 725. The highest BCUT2D eigenvalue weighted by molar-refractivity contribution is 5.71. The molecule has 1 heterocycles. The number of halogens is 1. The second-order valence-corrected chi connectivity index (χ2v) is 7.73. The molecule has 0 radical (unpaired) electrons. The van der Waals surface area contributed by atoms with Gasteiger partial charge in [0, 0.05) is 17.2 Å². The van der Waals surface area contributed by atoms with Crippen LogP contribution in [0, 0.1) is 29.5 Å². The third kappa shape index (κ3) is 2.09. The Kier molecular flexibility index (Phi) is 2.82. The maximum Gasteiger partial charge on any atom is 0.183 e. The summed E-state index contributed by atoms with van der Waals surface area (Å²) in [5.74, 6) is 5.21. The summed E-state index contributed by atoms with van der Waals surface area (Å²) in [6, 6.07) is 4.40. The number of hydrogen-bond donors (Lipinski definition) is 2. The van der Waals surface area contributed by atoms with E-state index in [1.54, 1.807) is 6.07 Å². The lowest BCUT2D eigenvalue weighted by atomic mass is 9.52. The molecular weight excluding hydrogens is 291 g/mol. The van der Waals surface area contributed by atoms with Gasteiger partial charge in [0.1, 0.15) is 11.6 Å². The van der Waals surface area contributed by atoms with Gasteiger partial charge in [0.15, 0.2) is 5.82 Å². The molecule has 120 valence electrons. The number of anilines is 1. The van der Waals surface area contributed by atoms with Gasteiger partial charge in [0.05, 0.1) is 0 Å². The molecule has 4 saturated carbocycles. The van der Waals surface area contributed by atoms with Gasteiger partial charge < -0.3 is 5.73 Å². The van der Waals surface area contributed by atoms with Gasteiger partial charge >= 0.3 is 0 Å². The van der Waals surface area contributed by atoms with E-state index in [1.807, 2.05) is 0 Å². The van der Waals surface area contributed by atoms with E-state index >= 15 is 0 Å². The van der Waals surface area contributed by atoms with Crippen molar-refractivity contribution in [2.45, 2.75) is 38.0 Å². The highest BCUT2D eigenvalue weighted by Crippen LogP contribution is 2.59. The van der Waals surface area contributed by atoms with Crippen molar-refractivity contribution >= 4 is 5.69 Å². The second kappa shape index (κ2) is 4.79. The van der Waals surface area contributed by atoms with Gasteiger partial charge in [-0.2, -0.15) is 5.10 Å². The minimum Gasteiger partial charge on any atom is -0.398 e. The third-order valence-electron chi connectivity index (χ3n) is 6.30. The van der Waals surface area contributed by atoms with Crippen LogP contribution in [-0.4, -0.2) is 15.2 Å². The molecule has 0 atom stereocenters. The van der Waals surface area contributed by atoms with Crippen LogP contribution in [-0.2, 0) is 0 Å². The number of aromatic amines is 1. The number of nitrogens with two attached hydrogens (primary N) is 1. The summed E-state index contributed by atoms with van der Waals surface area (Å²) in [7, 11) is 0. The number of hydrogen-bond acceptors (Lipinski definition) is 3. The molecule has 1 aromatic heterocycles. The van der Waals surface area contributed by atoms with Crippen LogP contribution in [0.4, 0.5) is 10.1 Å². The van der Waals surface area contributed by atoms with Gasteiger partial charge in [0.2, 0.25) is 0 Å². The maximum absolute atomic E-state index is 13.2. The lowest BCUT2D eigenvalue weighted by molar-refractivity contribution is -0.00552. The van der Waals surface area contributed by atoms with Crippen molar-refractivity contribution in [2.24, 2.45) is 23.7 Å². The van der Waals surface area contributed by atoms with E-state index in [4.69, 9.17) is 10.7 Å². The zero-order valence-electron chi connectivity index (χ0n) is 13.0. The lowest BCUT2D eigenvalue weighted by Crippen LogP contribution is -2.44. The molecule has 0 spiro atoms. The third-order valence-corrected chi connectivity index (χ3v) is 6.30. The number of nitrogen functional groups attached to an aromatic ring is 1. The number of benzene rings is 1. The number of nitrogens with one attached hydrogen (secondary N) is 1. The van der Waals surface area contributed by atoms with E-state index in [0.29, 0.717) is 23.0 Å². The summed E-state index contributed by atoms with van der Waals surface area (Å²) in [4.78, 5) is 4.75. The van der Waals surface area contributed by atoms with Crippen molar-refractivity contribution in [1.29, 1.82) is 0 Å². The first-order valence-corrected chi connectivity index (χ1v) is 8.65. The molecule has 4 aliphatic rings. The molecule has 1 aromatic carbocycles. The van der Waals surface area contributed by atoms with E-state index in [9.17, 15) is 4.39 Å². The fourth-order valence-corrected chi connectivity index (χ4v) is 5.65. The average molecular weight is 312 g/mol. The Hall–Kier alpha value is -1.91. The lowest BCUT2D eigenvalue weighted by Gasteiger charge is -2.53. The monoisotopic (exact) mass is 312 g/mol. The Morgan fingerprint density at radius 2 is 1.74 bits per heavy atom. The average Bonchev–Trinajstić information content (AvgIpc) is 2.95. The molecule has 0 saturated heterocycles. The van der Waals surface area contributed by atoms with Gasteiger partial charge in [-0.3, -0.25) is 5.10 Å². The predicted molar refractivity (Wildman–Crippen MR) is 86.0 cm³/mol. The molecule has 3 N–H and O–H groups in total. The highest BCUT2D eigenvalue weighted by Gasteiger charge is 2.49. The summed E-state index contributed by atoms with van der Waals surface area (Å²) in [6.45, 7) is 0. The van der Waals surface area contributed by atoms with E-state index < -0.39 is 0 Å². The second-order valence-electron chi connectivity index (χ2n) is 7.73. The van der Waals surface area contributed by atoms with Gasteiger partial charge in [-0.05, 0) is 74.0 Å². The Morgan fingerprint density at radius 3 is 2.39 bits per heavy atom. The Labute approximate surface area is 134 Å². The molecular formula is C18H21FN4. The molecule has 2 aromatic rings. The van der Waals surface area contributed by atoms with E-state index in [-0.39, 0.29) is 5.82 Å². The van der Waals surface area contributed by atoms with E-state index in [2.05, 4.69) is 10.2 Å². The van der Waals surface area contributed by atoms with Gasteiger partial charge in [-0.25, -0.2) is 9.37 Å². The van der Waals surface area contributed by atoms with Crippen molar-refractivity contribution in [3.63, 3.8) is 0 Å². The van der Waals surface area contributed by atoms with E-state index in [0.717, 1.165) is 29.5 Å². The fourth-order valence-electron chi connectivity index (χ4n) is 5.65. The predicted octanol–water partition coefficient (Wildman–Crippen LogP) is 3.73. The van der Waals surface area contributed by atoms with Crippen LogP contribution in [0.25, 0.3) is 11.4 Å². The molecule has 4 bridgehead atoms. The number of nitrogens with zero attached hydrogens (tertiary/aromatic N) is 2. The van der Waals surface area contributed by atoms with Gasteiger partial charge in [0.25, 0.3) is 0 Å². The molecule has 5 heteroatoms. The normalized spacial score (nSPS) is 34.9. The van der Waals surface area contributed by atoms with Crippen molar-refractivity contribution in [3.05, 3.63) is 29.8 Å². The standard InChI is InChI=1S/C18H21FN4/c19-13-1-2-14(15(20)8-13)17-21-18(23-22-17)16-11-4-9-3-10(6-11)7-12(16)5-9/h1-2,8-12,16H,3-7,20H2,(H,21,22,23). The van der Waals surface area contributed by atoms with Crippen LogP contribution in [0.5, 0.6) is 0 Å². The molecule has 23 heavy (non-hydrogen) atoms. The quantitative estimate of drug-likeness (QED) is 0.830. The summed E-state index contributed by atoms with van der Waals surface area (Å²) in [5.41, 5.74) is 7.02. The first-order chi connectivity index (χ1) is 11.2. The van der Waals surface area contributed by atoms with Crippen molar-refractivity contribution < 1.29 is 4.39 Å². The molecule has 4 fully saturated rings. The van der Waals surface area contributed by atoms with Crippen molar-refractivity contribution in [1.82, 2.24) is 15.2 Å². The summed E-state index contributed by atoms with van der Waals surface area (Å²) >= 11 is 0. The SMILES string of the molecule is Nc1cc(F)ccc1-c1n[nH]c(C2C3CC4CC(C3)CC2C4)n1. The molecule has 4 nitrogen and oxygen atoms in total. The fraction of sp³-hybridized carbons (Fsp3) is 0.556. The zero-order chi connectivity index (χ0) is 15.6. The smallest absolute Gasteiger partial charge is 0.183 e. The summed E-state index contributed by atoms with van der Waals surface area (Å²) in [5, 5.41) is 7.53. The largest absolute Gasteiger partial charge is 0.398 e. The van der Waals surface area contributed by atoms with E-state index in [1.165, 1.54) is 44.2 Å². The maximum atomic E-state index is 13.2. The first-order valence-electron chi connectivity index (χ1n) is 8.65. The summed E-state index contributed by atoms with van der Waals surface area (Å²) < 4.78 is 13.2. The van der Waals surface area contributed by atoms with Crippen LogP contribution < -0.4 is 5.73 Å². The Morgan fingerprint density at radius 1 is 1.04 bits per heavy atom. The van der Waals surface area contributed by atoms with Crippen molar-refractivity contribution in [3.8, 4) is 11.4 Å². The summed E-state index contributed by atoms with van der Waals surface area (Å²) in [6.07, 6.45) is 6.87. The van der Waals surface area contributed by atoms with Crippen LogP contribution >= 0.6 is 0 Å². The topological polar surface area (TPSA) is 67.6 Å². The van der Waals surface area contributed by atoms with Gasteiger partial charge in [-0.15, -0.1) is 0 Å². The highest BCUT2D eigenvalue weighted by atomic mass is 19.1. The van der Waals surface area contributed by atoms with Crippen LogP contribution in [0.15, 0.2) is 18.2 Å². The minimum atomic E-state index is -0.331.